The largest absolute Gasteiger partial charge is 0.396 e. The third-order valence-corrected chi connectivity index (χ3v) is 2.11. The molecule has 1 saturated heterocycles. The number of hydrogen-bond acceptors (Lipinski definition) is 2. The lowest BCUT2D eigenvalue weighted by molar-refractivity contribution is 0.225. The van der Waals surface area contributed by atoms with Gasteiger partial charge in [-0.2, -0.15) is 0 Å². The van der Waals surface area contributed by atoms with Crippen molar-refractivity contribution in [2.45, 2.75) is 13.3 Å². The lowest BCUT2D eigenvalue weighted by Crippen LogP contribution is -2.21. The Balaban J connectivity index is 2.22. The second-order valence-electron chi connectivity index (χ2n) is 3.00. The molecule has 0 amide bonds. The summed E-state index contributed by atoms with van der Waals surface area (Å²) in [5.41, 5.74) is 0. The van der Waals surface area contributed by atoms with Crippen molar-refractivity contribution in [3.63, 3.8) is 0 Å². The van der Waals surface area contributed by atoms with Gasteiger partial charge in [-0.15, -0.1) is 5.92 Å². The zero-order valence-electron chi connectivity index (χ0n) is 7.01. The molecule has 1 rings (SSSR count). The Morgan fingerprint density at radius 2 is 2.45 bits per heavy atom. The van der Waals surface area contributed by atoms with Crippen LogP contribution in [0.1, 0.15) is 13.3 Å². The fraction of sp³-hybridized carbons (Fsp3) is 0.778. The maximum Gasteiger partial charge on any atom is 0.0601 e. The predicted octanol–water partition coefficient (Wildman–Crippen LogP) is 0.324. The van der Waals surface area contributed by atoms with E-state index in [1.807, 2.05) is 6.92 Å². The Kier molecular flexibility index (Phi) is 3.41. The maximum atomic E-state index is 8.85. The molecule has 1 heterocycles. The van der Waals surface area contributed by atoms with Gasteiger partial charge in [-0.05, 0) is 25.8 Å². The zero-order chi connectivity index (χ0) is 8.10. The standard InChI is InChI=1S/C9H15NO/c1-2-3-5-10-6-4-9(7-10)8-11/h9,11H,4-8H2,1H3. The van der Waals surface area contributed by atoms with Crippen molar-refractivity contribution in [1.82, 2.24) is 4.90 Å². The van der Waals surface area contributed by atoms with E-state index in [2.05, 4.69) is 16.7 Å². The molecule has 1 N–H and O–H groups in total. The summed E-state index contributed by atoms with van der Waals surface area (Å²) in [5, 5.41) is 8.85. The van der Waals surface area contributed by atoms with Gasteiger partial charge in [0.1, 0.15) is 0 Å². The average Bonchev–Trinajstić information content (AvgIpc) is 2.48. The Labute approximate surface area is 68.2 Å². The Hall–Kier alpha value is -0.520. The number of rotatable bonds is 2. The highest BCUT2D eigenvalue weighted by atomic mass is 16.3. The van der Waals surface area contributed by atoms with E-state index >= 15 is 0 Å². The van der Waals surface area contributed by atoms with E-state index in [4.69, 9.17) is 5.11 Å². The molecular weight excluding hydrogens is 138 g/mol. The number of aliphatic hydroxyl groups is 1. The first kappa shape index (κ1) is 8.58. The van der Waals surface area contributed by atoms with E-state index in [9.17, 15) is 0 Å². The zero-order valence-corrected chi connectivity index (χ0v) is 7.01. The molecule has 0 aromatic heterocycles. The van der Waals surface area contributed by atoms with Crippen molar-refractivity contribution in [1.29, 1.82) is 0 Å². The highest BCUT2D eigenvalue weighted by Gasteiger charge is 2.20. The Morgan fingerprint density at radius 1 is 1.64 bits per heavy atom. The average molecular weight is 153 g/mol. The monoisotopic (exact) mass is 153 g/mol. The molecule has 0 spiro atoms. The summed E-state index contributed by atoms with van der Waals surface area (Å²) >= 11 is 0. The molecule has 0 saturated carbocycles. The SMILES string of the molecule is CC#CCN1CCC(CO)C1. The van der Waals surface area contributed by atoms with Gasteiger partial charge in [0.25, 0.3) is 0 Å². The van der Waals surface area contributed by atoms with Crippen LogP contribution in [0, 0.1) is 17.8 Å². The molecule has 1 fully saturated rings. The van der Waals surface area contributed by atoms with Crippen LogP contribution in [0.4, 0.5) is 0 Å². The van der Waals surface area contributed by atoms with Gasteiger partial charge in [-0.25, -0.2) is 0 Å². The second-order valence-corrected chi connectivity index (χ2v) is 3.00. The van der Waals surface area contributed by atoms with E-state index in [0.717, 1.165) is 26.1 Å². The third kappa shape index (κ3) is 2.53. The van der Waals surface area contributed by atoms with Crippen molar-refractivity contribution in [2.75, 3.05) is 26.2 Å². The summed E-state index contributed by atoms with van der Waals surface area (Å²) in [6.45, 7) is 5.17. The number of hydrogen-bond donors (Lipinski definition) is 1. The van der Waals surface area contributed by atoms with E-state index in [0.29, 0.717) is 12.5 Å². The summed E-state index contributed by atoms with van der Waals surface area (Å²) in [6.07, 6.45) is 1.13. The summed E-state index contributed by atoms with van der Waals surface area (Å²) in [7, 11) is 0. The molecule has 1 aliphatic heterocycles. The van der Waals surface area contributed by atoms with Crippen LogP contribution < -0.4 is 0 Å². The quantitative estimate of drug-likeness (QED) is 0.578. The van der Waals surface area contributed by atoms with E-state index in [-0.39, 0.29) is 0 Å². The number of likely N-dealkylation sites (tertiary alicyclic amines) is 1. The van der Waals surface area contributed by atoms with Crippen LogP contribution in [0.2, 0.25) is 0 Å². The normalized spacial score (nSPS) is 24.7. The molecule has 2 heteroatoms. The topological polar surface area (TPSA) is 23.5 Å². The fourth-order valence-electron chi connectivity index (χ4n) is 1.40. The van der Waals surface area contributed by atoms with Crippen molar-refractivity contribution in [2.24, 2.45) is 5.92 Å². The van der Waals surface area contributed by atoms with Gasteiger partial charge >= 0.3 is 0 Å². The second kappa shape index (κ2) is 4.38. The lowest BCUT2D eigenvalue weighted by atomic mass is 10.1. The van der Waals surface area contributed by atoms with Crippen LogP contribution in [-0.2, 0) is 0 Å². The highest BCUT2D eigenvalue weighted by Crippen LogP contribution is 2.13. The first-order valence-corrected chi connectivity index (χ1v) is 4.09. The van der Waals surface area contributed by atoms with Crippen molar-refractivity contribution in [3.05, 3.63) is 0 Å². The molecule has 0 aromatic rings. The minimum atomic E-state index is 0.329. The van der Waals surface area contributed by atoms with E-state index in [1.165, 1.54) is 0 Å². The van der Waals surface area contributed by atoms with Gasteiger partial charge < -0.3 is 5.11 Å². The van der Waals surface area contributed by atoms with Gasteiger partial charge in [0.2, 0.25) is 0 Å². The first-order chi connectivity index (χ1) is 5.36. The predicted molar refractivity (Wildman–Crippen MR) is 45.1 cm³/mol. The minimum Gasteiger partial charge on any atom is -0.396 e. The van der Waals surface area contributed by atoms with Crippen LogP contribution in [0.25, 0.3) is 0 Å². The molecule has 0 radical (unpaired) electrons. The van der Waals surface area contributed by atoms with Gasteiger partial charge in [0.05, 0.1) is 6.54 Å². The third-order valence-electron chi connectivity index (χ3n) is 2.11. The van der Waals surface area contributed by atoms with Crippen LogP contribution in [-0.4, -0.2) is 36.2 Å². The number of nitrogens with zero attached hydrogens (tertiary/aromatic N) is 1. The molecule has 62 valence electrons. The smallest absolute Gasteiger partial charge is 0.0601 e. The van der Waals surface area contributed by atoms with Gasteiger partial charge in [-0.3, -0.25) is 4.90 Å². The van der Waals surface area contributed by atoms with Crippen molar-refractivity contribution < 1.29 is 5.11 Å². The van der Waals surface area contributed by atoms with Gasteiger partial charge in [-0.1, -0.05) is 5.92 Å². The van der Waals surface area contributed by atoms with Crippen molar-refractivity contribution >= 4 is 0 Å². The Bertz CT molecular complexity index is 168. The summed E-state index contributed by atoms with van der Waals surface area (Å²) in [4.78, 5) is 2.29. The summed E-state index contributed by atoms with van der Waals surface area (Å²) < 4.78 is 0. The van der Waals surface area contributed by atoms with E-state index in [1.54, 1.807) is 0 Å². The van der Waals surface area contributed by atoms with Crippen LogP contribution in [0.5, 0.6) is 0 Å². The van der Waals surface area contributed by atoms with Gasteiger partial charge in [0.15, 0.2) is 0 Å². The fourth-order valence-corrected chi connectivity index (χ4v) is 1.40. The number of aliphatic hydroxyl groups excluding tert-OH is 1. The summed E-state index contributed by atoms with van der Waals surface area (Å²) in [6, 6.07) is 0. The molecule has 2 nitrogen and oxygen atoms in total. The molecule has 1 unspecified atom stereocenters. The molecule has 1 aliphatic rings. The van der Waals surface area contributed by atoms with Gasteiger partial charge in [0, 0.05) is 13.2 Å². The van der Waals surface area contributed by atoms with E-state index < -0.39 is 0 Å². The molecule has 0 aliphatic carbocycles. The van der Waals surface area contributed by atoms with Crippen LogP contribution in [0.3, 0.4) is 0 Å². The minimum absolute atomic E-state index is 0.329. The van der Waals surface area contributed by atoms with Crippen LogP contribution in [0.15, 0.2) is 0 Å². The molecule has 0 bridgehead atoms. The lowest BCUT2D eigenvalue weighted by Gasteiger charge is -2.10. The van der Waals surface area contributed by atoms with Crippen LogP contribution >= 0.6 is 0 Å². The highest BCUT2D eigenvalue weighted by molar-refractivity contribution is 4.98. The first-order valence-electron chi connectivity index (χ1n) is 4.09. The molecule has 0 aromatic carbocycles. The molecule has 1 atom stereocenters. The Morgan fingerprint density at radius 3 is 3.00 bits per heavy atom. The summed E-state index contributed by atoms with van der Waals surface area (Å²) in [5.74, 6) is 6.40. The van der Waals surface area contributed by atoms with Crippen molar-refractivity contribution in [3.8, 4) is 11.8 Å². The maximum absolute atomic E-state index is 8.85. The molecule has 11 heavy (non-hydrogen) atoms. The molecular formula is C9H15NO.